The molecule has 0 amide bonds. The average molecular weight is 419 g/mol. The molecule has 1 aliphatic rings. The van der Waals surface area contributed by atoms with Gasteiger partial charge in [-0.25, -0.2) is 0 Å². The number of carboxylic acids is 1. The van der Waals surface area contributed by atoms with Crippen molar-refractivity contribution in [2.75, 3.05) is 31.2 Å². The monoisotopic (exact) mass is 418 g/mol. The van der Waals surface area contributed by atoms with Crippen LogP contribution in [0.5, 0.6) is 0 Å². The first kappa shape index (κ1) is 23.2. The van der Waals surface area contributed by atoms with Crippen LogP contribution in [0.4, 0.5) is 11.4 Å². The highest BCUT2D eigenvalue weighted by Gasteiger charge is 2.30. The molecule has 2 unspecified atom stereocenters. The first-order valence-corrected chi connectivity index (χ1v) is 10.1. The molecule has 1 heterocycles. The maximum atomic E-state index is 11.4. The van der Waals surface area contributed by atoms with Gasteiger partial charge in [0, 0.05) is 30.6 Å². The highest BCUT2D eigenvalue weighted by atomic mass is 35.5. The summed E-state index contributed by atoms with van der Waals surface area (Å²) in [6.45, 7) is 4.89. The summed E-state index contributed by atoms with van der Waals surface area (Å²) in [5.74, 6) is -1.00. The fraction of sp³-hybridized carbons (Fsp3) is 0.435. The molecule has 5 nitrogen and oxygen atoms in total. The molecule has 0 aliphatic carbocycles. The molecule has 1 saturated heterocycles. The molecule has 3 rings (SSSR count). The number of para-hydroxylation sites is 1. The normalized spacial score (nSPS) is 18.7. The van der Waals surface area contributed by atoms with Crippen molar-refractivity contribution in [2.24, 2.45) is 5.92 Å². The number of carboxylic acid groups (broad SMARTS) is 1. The van der Waals surface area contributed by atoms with E-state index in [2.05, 4.69) is 53.5 Å². The highest BCUT2D eigenvalue weighted by Crippen LogP contribution is 2.25. The van der Waals surface area contributed by atoms with Crippen LogP contribution in [-0.2, 0) is 9.53 Å². The summed E-state index contributed by atoms with van der Waals surface area (Å²) in [4.78, 5) is 13.7. The molecule has 0 bridgehead atoms. The van der Waals surface area contributed by atoms with E-state index in [0.717, 1.165) is 43.7 Å². The van der Waals surface area contributed by atoms with Crippen LogP contribution < -0.4 is 10.2 Å². The van der Waals surface area contributed by atoms with Crippen LogP contribution >= 0.6 is 12.4 Å². The van der Waals surface area contributed by atoms with Gasteiger partial charge in [-0.3, -0.25) is 4.79 Å². The molecule has 6 heteroatoms. The van der Waals surface area contributed by atoms with Gasteiger partial charge in [-0.1, -0.05) is 30.3 Å². The van der Waals surface area contributed by atoms with Crippen LogP contribution in [0.1, 0.15) is 24.8 Å². The number of hydrogen-bond donors (Lipinski definition) is 2. The molecule has 0 saturated carbocycles. The van der Waals surface area contributed by atoms with Crippen molar-refractivity contribution in [2.45, 2.75) is 32.2 Å². The van der Waals surface area contributed by atoms with Crippen LogP contribution in [0, 0.1) is 12.8 Å². The lowest BCUT2D eigenvalue weighted by atomic mass is 9.89. The summed E-state index contributed by atoms with van der Waals surface area (Å²) in [6, 6.07) is 18.8. The quantitative estimate of drug-likeness (QED) is 0.590. The summed E-state index contributed by atoms with van der Waals surface area (Å²) >= 11 is 0. The average Bonchev–Trinajstić information content (AvgIpc) is 2.71. The number of rotatable bonds is 9. The van der Waals surface area contributed by atoms with E-state index in [9.17, 15) is 9.90 Å². The SMILES string of the molecule is Cc1cccc(N(CCOCCC2NCCCC2C(=O)O)c2ccccc2)c1.Cl. The second-order valence-electron chi connectivity index (χ2n) is 7.37. The van der Waals surface area contributed by atoms with Gasteiger partial charge in [0.05, 0.1) is 12.5 Å². The zero-order chi connectivity index (χ0) is 19.8. The number of nitrogens with zero attached hydrogens (tertiary/aromatic N) is 1. The Morgan fingerprint density at radius 1 is 1.14 bits per heavy atom. The third-order valence-electron chi connectivity index (χ3n) is 5.31. The number of ether oxygens (including phenoxy) is 1. The Labute approximate surface area is 179 Å². The van der Waals surface area contributed by atoms with Gasteiger partial charge in [-0.15, -0.1) is 12.4 Å². The summed E-state index contributed by atoms with van der Waals surface area (Å²) < 4.78 is 5.89. The highest BCUT2D eigenvalue weighted by molar-refractivity contribution is 5.85. The van der Waals surface area contributed by atoms with Crippen LogP contribution in [-0.4, -0.2) is 43.4 Å². The summed E-state index contributed by atoms with van der Waals surface area (Å²) in [5.41, 5.74) is 3.51. The third-order valence-corrected chi connectivity index (χ3v) is 5.31. The van der Waals surface area contributed by atoms with Crippen molar-refractivity contribution in [1.29, 1.82) is 0 Å². The largest absolute Gasteiger partial charge is 0.481 e. The van der Waals surface area contributed by atoms with Gasteiger partial charge in [-0.2, -0.15) is 0 Å². The lowest BCUT2D eigenvalue weighted by Gasteiger charge is -2.30. The minimum atomic E-state index is -0.702. The number of halogens is 1. The lowest BCUT2D eigenvalue weighted by Crippen LogP contribution is -2.45. The topological polar surface area (TPSA) is 61.8 Å². The Kier molecular flexibility index (Phi) is 9.45. The van der Waals surface area contributed by atoms with E-state index in [1.54, 1.807) is 0 Å². The summed E-state index contributed by atoms with van der Waals surface area (Å²) in [7, 11) is 0. The molecule has 1 aliphatic heterocycles. The maximum Gasteiger partial charge on any atom is 0.308 e. The smallest absolute Gasteiger partial charge is 0.308 e. The third kappa shape index (κ3) is 6.74. The zero-order valence-electron chi connectivity index (χ0n) is 16.9. The lowest BCUT2D eigenvalue weighted by molar-refractivity contribution is -0.143. The van der Waals surface area contributed by atoms with E-state index in [0.29, 0.717) is 13.2 Å². The second kappa shape index (κ2) is 11.8. The molecule has 2 atom stereocenters. The minimum Gasteiger partial charge on any atom is -0.481 e. The first-order chi connectivity index (χ1) is 13.6. The predicted octanol–water partition coefficient (Wildman–Crippen LogP) is 4.41. The van der Waals surface area contributed by atoms with E-state index in [-0.39, 0.29) is 24.4 Å². The fourth-order valence-corrected chi connectivity index (χ4v) is 3.83. The van der Waals surface area contributed by atoms with Crippen molar-refractivity contribution >= 4 is 29.8 Å². The Morgan fingerprint density at radius 3 is 2.62 bits per heavy atom. The van der Waals surface area contributed by atoms with Crippen LogP contribution in [0.25, 0.3) is 0 Å². The van der Waals surface area contributed by atoms with E-state index >= 15 is 0 Å². The second-order valence-corrected chi connectivity index (χ2v) is 7.37. The molecule has 0 aromatic heterocycles. The number of piperidine rings is 1. The van der Waals surface area contributed by atoms with Crippen molar-refractivity contribution in [1.82, 2.24) is 5.32 Å². The molecule has 2 N–H and O–H groups in total. The molecular weight excluding hydrogens is 388 g/mol. The van der Waals surface area contributed by atoms with Crippen molar-refractivity contribution < 1.29 is 14.6 Å². The van der Waals surface area contributed by atoms with Gasteiger partial charge in [0.25, 0.3) is 0 Å². The van der Waals surface area contributed by atoms with E-state index in [4.69, 9.17) is 4.74 Å². The number of aliphatic carboxylic acids is 1. The van der Waals surface area contributed by atoms with Gasteiger partial charge in [0.2, 0.25) is 0 Å². The Bertz CT molecular complexity index is 757. The molecule has 0 spiro atoms. The molecule has 2 aromatic rings. The van der Waals surface area contributed by atoms with Crippen molar-refractivity contribution in [3.63, 3.8) is 0 Å². The van der Waals surface area contributed by atoms with Crippen molar-refractivity contribution in [3.05, 3.63) is 60.2 Å². The predicted molar refractivity (Wildman–Crippen MR) is 119 cm³/mol. The number of carbonyl (C=O) groups is 1. The van der Waals surface area contributed by atoms with Gasteiger partial charge >= 0.3 is 5.97 Å². The molecule has 29 heavy (non-hydrogen) atoms. The Hall–Kier alpha value is -2.08. The van der Waals surface area contributed by atoms with E-state index < -0.39 is 5.97 Å². The Morgan fingerprint density at radius 2 is 1.90 bits per heavy atom. The Balaban J connectivity index is 0.00000300. The first-order valence-electron chi connectivity index (χ1n) is 10.1. The molecule has 1 fully saturated rings. The van der Waals surface area contributed by atoms with E-state index in [1.165, 1.54) is 5.56 Å². The van der Waals surface area contributed by atoms with Gasteiger partial charge in [0.15, 0.2) is 0 Å². The van der Waals surface area contributed by atoms with Crippen LogP contribution in [0.15, 0.2) is 54.6 Å². The van der Waals surface area contributed by atoms with Crippen LogP contribution in [0.3, 0.4) is 0 Å². The van der Waals surface area contributed by atoms with Gasteiger partial charge < -0.3 is 20.1 Å². The number of nitrogens with one attached hydrogen (secondary N) is 1. The standard InChI is InChI=1S/C23H30N2O3.ClH/c1-18-7-5-10-20(17-18)25(19-8-3-2-4-9-19)14-16-28-15-12-22-21(23(26)27)11-6-13-24-22;/h2-5,7-10,17,21-22,24H,6,11-16H2,1H3,(H,26,27);1H. The number of hydrogen-bond acceptors (Lipinski definition) is 4. The van der Waals surface area contributed by atoms with E-state index in [1.807, 2.05) is 18.2 Å². The van der Waals surface area contributed by atoms with Gasteiger partial charge in [-0.05, 0) is 62.6 Å². The zero-order valence-corrected chi connectivity index (χ0v) is 17.7. The van der Waals surface area contributed by atoms with Gasteiger partial charge in [0.1, 0.15) is 0 Å². The minimum absolute atomic E-state index is 0. The maximum absolute atomic E-state index is 11.4. The summed E-state index contributed by atoms with van der Waals surface area (Å²) in [5, 5.41) is 12.7. The van der Waals surface area contributed by atoms with Crippen molar-refractivity contribution in [3.8, 4) is 0 Å². The molecular formula is C23H31ClN2O3. The molecule has 158 valence electrons. The van der Waals surface area contributed by atoms with Crippen LogP contribution in [0.2, 0.25) is 0 Å². The number of benzene rings is 2. The number of aryl methyl sites for hydroxylation is 1. The summed E-state index contributed by atoms with van der Waals surface area (Å²) in [6.07, 6.45) is 2.41. The molecule has 0 radical (unpaired) electrons. The number of anilines is 2. The molecule has 2 aromatic carbocycles. The fourth-order valence-electron chi connectivity index (χ4n) is 3.83.